The average molecular weight is 304 g/mol. The highest BCUT2D eigenvalue weighted by molar-refractivity contribution is 5.81. The minimum Gasteiger partial charge on any atom is -0.484 e. The van der Waals surface area contributed by atoms with Crippen LogP contribution in [0.15, 0.2) is 24.3 Å². The lowest BCUT2D eigenvalue weighted by Crippen LogP contribution is -2.40. The fourth-order valence-electron chi connectivity index (χ4n) is 1.63. The van der Waals surface area contributed by atoms with Gasteiger partial charge in [0.1, 0.15) is 5.75 Å². The number of benzene rings is 1. The van der Waals surface area contributed by atoms with Crippen LogP contribution in [0.3, 0.4) is 0 Å². The predicted molar refractivity (Wildman–Crippen MR) is 72.7 cm³/mol. The maximum Gasteiger partial charge on any atom is 0.422 e. The molecule has 0 bridgehead atoms. The van der Waals surface area contributed by atoms with Gasteiger partial charge in [-0.05, 0) is 24.1 Å². The highest BCUT2D eigenvalue weighted by Crippen LogP contribution is 2.18. The van der Waals surface area contributed by atoms with Gasteiger partial charge < -0.3 is 15.8 Å². The Hall–Kier alpha value is -1.76. The maximum atomic E-state index is 12.0. The van der Waals surface area contributed by atoms with Crippen molar-refractivity contribution in [2.45, 2.75) is 38.5 Å². The van der Waals surface area contributed by atoms with E-state index < -0.39 is 18.8 Å². The second-order valence-electron chi connectivity index (χ2n) is 4.66. The molecular formula is C14H19F3N2O2. The Balaban J connectivity index is 2.42. The van der Waals surface area contributed by atoms with Crippen LogP contribution in [-0.4, -0.2) is 24.7 Å². The smallest absolute Gasteiger partial charge is 0.422 e. The first-order chi connectivity index (χ1) is 9.81. The van der Waals surface area contributed by atoms with Crippen molar-refractivity contribution >= 4 is 5.91 Å². The third kappa shape index (κ3) is 6.99. The molecule has 0 aliphatic rings. The highest BCUT2D eigenvalue weighted by atomic mass is 19.4. The average Bonchev–Trinajstić information content (AvgIpc) is 2.43. The molecule has 0 spiro atoms. The summed E-state index contributed by atoms with van der Waals surface area (Å²) < 4.78 is 40.5. The summed E-state index contributed by atoms with van der Waals surface area (Å²) in [5, 5.41) is 2.67. The van der Waals surface area contributed by atoms with E-state index in [0.717, 1.165) is 12.0 Å². The minimum atomic E-state index is -4.36. The zero-order valence-electron chi connectivity index (χ0n) is 11.7. The third-order valence-corrected chi connectivity index (χ3v) is 2.73. The molecule has 1 amide bonds. The number of nitrogens with one attached hydrogen (secondary N) is 1. The van der Waals surface area contributed by atoms with E-state index in [0.29, 0.717) is 6.42 Å². The number of alkyl halides is 3. The van der Waals surface area contributed by atoms with Gasteiger partial charge in [-0.15, -0.1) is 0 Å². The summed E-state index contributed by atoms with van der Waals surface area (Å²) in [6.45, 7) is 0.886. The van der Waals surface area contributed by atoms with E-state index in [1.807, 2.05) is 6.92 Å². The van der Waals surface area contributed by atoms with Gasteiger partial charge in [0, 0.05) is 6.54 Å². The molecule has 0 saturated carbocycles. The van der Waals surface area contributed by atoms with Gasteiger partial charge >= 0.3 is 6.18 Å². The molecule has 1 aromatic rings. The van der Waals surface area contributed by atoms with Crippen LogP contribution in [0.2, 0.25) is 0 Å². The maximum absolute atomic E-state index is 12.0. The Morgan fingerprint density at radius 2 is 1.95 bits per heavy atom. The van der Waals surface area contributed by atoms with Crippen LogP contribution >= 0.6 is 0 Å². The lowest BCUT2D eigenvalue weighted by Gasteiger charge is -2.12. The van der Waals surface area contributed by atoms with Crippen molar-refractivity contribution in [3.8, 4) is 5.75 Å². The van der Waals surface area contributed by atoms with Crippen LogP contribution in [-0.2, 0) is 11.3 Å². The standard InChI is InChI=1S/C14H19F3N2O2/c1-2-3-12(18)13(20)19-8-10-4-6-11(7-5-10)21-9-14(15,16)17/h4-7,12H,2-3,8-9,18H2,1H3,(H,19,20)/t12-/m0/s1. The number of hydrogen-bond donors (Lipinski definition) is 2. The topological polar surface area (TPSA) is 64.4 Å². The molecule has 118 valence electrons. The monoisotopic (exact) mass is 304 g/mol. The van der Waals surface area contributed by atoms with Crippen LogP contribution in [0.1, 0.15) is 25.3 Å². The largest absolute Gasteiger partial charge is 0.484 e. The van der Waals surface area contributed by atoms with E-state index in [-0.39, 0.29) is 18.2 Å². The quantitative estimate of drug-likeness (QED) is 0.813. The molecule has 4 nitrogen and oxygen atoms in total. The molecule has 7 heteroatoms. The molecule has 0 saturated heterocycles. The van der Waals surface area contributed by atoms with Crippen molar-refractivity contribution < 1.29 is 22.7 Å². The number of carbonyl (C=O) groups excluding carboxylic acids is 1. The fourth-order valence-corrected chi connectivity index (χ4v) is 1.63. The Morgan fingerprint density at radius 1 is 1.33 bits per heavy atom. The number of amides is 1. The number of rotatable bonds is 7. The SMILES string of the molecule is CCC[C@H](N)C(=O)NCc1ccc(OCC(F)(F)F)cc1. The van der Waals surface area contributed by atoms with Crippen LogP contribution in [0.5, 0.6) is 5.75 Å². The lowest BCUT2D eigenvalue weighted by atomic mass is 10.1. The number of carbonyl (C=O) groups is 1. The molecule has 0 radical (unpaired) electrons. The van der Waals surface area contributed by atoms with E-state index in [2.05, 4.69) is 10.1 Å². The molecule has 0 aliphatic heterocycles. The second kappa shape index (κ2) is 7.87. The number of hydrogen-bond acceptors (Lipinski definition) is 3. The Morgan fingerprint density at radius 3 is 2.48 bits per heavy atom. The second-order valence-corrected chi connectivity index (χ2v) is 4.66. The Labute approximate surface area is 121 Å². The van der Waals surface area contributed by atoms with Crippen molar-refractivity contribution in [2.24, 2.45) is 5.73 Å². The van der Waals surface area contributed by atoms with E-state index >= 15 is 0 Å². The summed E-state index contributed by atoms with van der Waals surface area (Å²) in [4.78, 5) is 11.6. The number of ether oxygens (including phenoxy) is 1. The third-order valence-electron chi connectivity index (χ3n) is 2.73. The van der Waals surface area contributed by atoms with E-state index in [9.17, 15) is 18.0 Å². The van der Waals surface area contributed by atoms with Gasteiger partial charge in [-0.3, -0.25) is 4.79 Å². The van der Waals surface area contributed by atoms with Gasteiger partial charge in [-0.1, -0.05) is 25.5 Å². The van der Waals surface area contributed by atoms with Crippen LogP contribution < -0.4 is 15.8 Å². The Kier molecular flexibility index (Phi) is 6.48. The van der Waals surface area contributed by atoms with Crippen molar-refractivity contribution in [1.82, 2.24) is 5.32 Å². The van der Waals surface area contributed by atoms with Gasteiger partial charge in [0.15, 0.2) is 6.61 Å². The molecule has 0 fully saturated rings. The molecule has 21 heavy (non-hydrogen) atoms. The summed E-state index contributed by atoms with van der Waals surface area (Å²) in [7, 11) is 0. The molecule has 0 heterocycles. The normalized spacial score (nSPS) is 12.8. The molecule has 0 aromatic heterocycles. The molecule has 1 aromatic carbocycles. The molecule has 0 unspecified atom stereocenters. The van der Waals surface area contributed by atoms with Crippen LogP contribution in [0, 0.1) is 0 Å². The first-order valence-electron chi connectivity index (χ1n) is 6.63. The molecule has 0 aliphatic carbocycles. The van der Waals surface area contributed by atoms with E-state index in [1.165, 1.54) is 12.1 Å². The summed E-state index contributed by atoms with van der Waals surface area (Å²) in [6, 6.07) is 5.51. The van der Waals surface area contributed by atoms with E-state index in [1.54, 1.807) is 12.1 Å². The van der Waals surface area contributed by atoms with Gasteiger partial charge in [0.05, 0.1) is 6.04 Å². The summed E-state index contributed by atoms with van der Waals surface area (Å²) in [5.74, 6) is -0.112. The van der Waals surface area contributed by atoms with Gasteiger partial charge in [0.2, 0.25) is 5.91 Å². The molecule has 1 atom stereocenters. The first-order valence-corrected chi connectivity index (χ1v) is 6.63. The molecular weight excluding hydrogens is 285 g/mol. The highest BCUT2D eigenvalue weighted by Gasteiger charge is 2.28. The Bertz CT molecular complexity index is 447. The van der Waals surface area contributed by atoms with Gasteiger partial charge in [-0.2, -0.15) is 13.2 Å². The minimum absolute atomic E-state index is 0.130. The predicted octanol–water partition coefficient (Wildman–Crippen LogP) is 2.37. The van der Waals surface area contributed by atoms with Gasteiger partial charge in [0.25, 0.3) is 0 Å². The van der Waals surface area contributed by atoms with Crippen molar-refractivity contribution in [3.05, 3.63) is 29.8 Å². The lowest BCUT2D eigenvalue weighted by molar-refractivity contribution is -0.153. The number of halogens is 3. The van der Waals surface area contributed by atoms with Gasteiger partial charge in [-0.25, -0.2) is 0 Å². The summed E-state index contributed by atoms with van der Waals surface area (Å²) in [5.41, 5.74) is 6.41. The van der Waals surface area contributed by atoms with Crippen LogP contribution in [0.4, 0.5) is 13.2 Å². The van der Waals surface area contributed by atoms with Crippen LogP contribution in [0.25, 0.3) is 0 Å². The summed E-state index contributed by atoms with van der Waals surface area (Å²) >= 11 is 0. The van der Waals surface area contributed by atoms with Crippen molar-refractivity contribution in [3.63, 3.8) is 0 Å². The zero-order valence-corrected chi connectivity index (χ0v) is 11.7. The zero-order chi connectivity index (χ0) is 15.9. The fraction of sp³-hybridized carbons (Fsp3) is 0.500. The van der Waals surface area contributed by atoms with Crippen molar-refractivity contribution in [2.75, 3.05) is 6.61 Å². The van der Waals surface area contributed by atoms with Crippen molar-refractivity contribution in [1.29, 1.82) is 0 Å². The molecule has 1 rings (SSSR count). The summed E-state index contributed by atoms with van der Waals surface area (Å²) in [6.07, 6.45) is -2.93. The van der Waals surface area contributed by atoms with E-state index in [4.69, 9.17) is 5.73 Å². The molecule has 3 N–H and O–H groups in total. The first kappa shape index (κ1) is 17.3. The number of nitrogens with two attached hydrogens (primary N) is 1.